The zero-order chi connectivity index (χ0) is 13.8. The van der Waals surface area contributed by atoms with Crippen molar-refractivity contribution in [2.24, 2.45) is 5.14 Å². The number of hydrogen-bond acceptors (Lipinski definition) is 4. The van der Waals surface area contributed by atoms with Gasteiger partial charge in [0.25, 0.3) is 0 Å². The fourth-order valence-corrected chi connectivity index (χ4v) is 2.19. The number of primary sulfonamides is 1. The molecule has 2 N–H and O–H groups in total. The molecule has 0 aliphatic heterocycles. The van der Waals surface area contributed by atoms with E-state index in [1.165, 1.54) is 25.3 Å². The lowest BCUT2D eigenvalue weighted by Gasteiger charge is -2.01. The predicted molar refractivity (Wildman–Crippen MR) is 66.3 cm³/mol. The summed E-state index contributed by atoms with van der Waals surface area (Å²) in [6, 6.07) is 4.08. The molecule has 18 heavy (non-hydrogen) atoms. The second kappa shape index (κ2) is 5.87. The lowest BCUT2D eigenvalue weighted by Crippen LogP contribution is -2.12. The molecule has 0 unspecified atom stereocenters. The van der Waals surface area contributed by atoms with Crippen molar-refractivity contribution >= 4 is 27.6 Å². The summed E-state index contributed by atoms with van der Waals surface area (Å²) in [5.74, 6) is 4.78. The zero-order valence-corrected chi connectivity index (χ0v) is 11.0. The molecule has 7 heteroatoms. The Hall–Kier alpha value is -1.55. The highest BCUT2D eigenvalue weighted by Crippen LogP contribution is 2.20. The van der Waals surface area contributed by atoms with Crippen LogP contribution in [0.1, 0.15) is 12.0 Å². The van der Waals surface area contributed by atoms with Gasteiger partial charge in [-0.25, -0.2) is 13.6 Å². The van der Waals surface area contributed by atoms with Crippen molar-refractivity contribution in [3.8, 4) is 11.8 Å². The second-order valence-corrected chi connectivity index (χ2v) is 5.18. The Morgan fingerprint density at radius 2 is 2.17 bits per heavy atom. The molecule has 0 bridgehead atoms. The van der Waals surface area contributed by atoms with E-state index in [1.807, 2.05) is 0 Å². The van der Waals surface area contributed by atoms with Crippen LogP contribution < -0.4 is 5.14 Å². The molecule has 1 aromatic rings. The van der Waals surface area contributed by atoms with Crippen LogP contribution in [0.4, 0.5) is 0 Å². The molecule has 0 aliphatic rings. The number of methoxy groups -OCH3 is 1. The van der Waals surface area contributed by atoms with Crippen molar-refractivity contribution in [3.63, 3.8) is 0 Å². The van der Waals surface area contributed by atoms with Gasteiger partial charge in [0.15, 0.2) is 0 Å². The van der Waals surface area contributed by atoms with Gasteiger partial charge in [-0.05, 0) is 18.2 Å². The van der Waals surface area contributed by atoms with Crippen molar-refractivity contribution in [1.29, 1.82) is 0 Å². The molecule has 0 aliphatic carbocycles. The van der Waals surface area contributed by atoms with Crippen molar-refractivity contribution in [3.05, 3.63) is 28.8 Å². The Morgan fingerprint density at radius 1 is 1.50 bits per heavy atom. The average Bonchev–Trinajstić information content (AvgIpc) is 2.27. The number of ether oxygens (including phenoxy) is 1. The molecular formula is C11H10ClNO4S. The molecule has 1 aromatic carbocycles. The molecule has 0 spiro atoms. The first-order chi connectivity index (χ1) is 8.34. The van der Waals surface area contributed by atoms with E-state index in [1.54, 1.807) is 0 Å². The first kappa shape index (κ1) is 14.5. The molecule has 96 valence electrons. The number of carbonyl (C=O) groups is 1. The Kier molecular flexibility index (Phi) is 4.73. The zero-order valence-electron chi connectivity index (χ0n) is 9.44. The summed E-state index contributed by atoms with van der Waals surface area (Å²) in [4.78, 5) is 10.6. The molecular weight excluding hydrogens is 278 g/mol. The van der Waals surface area contributed by atoms with Crippen LogP contribution in [0.25, 0.3) is 0 Å². The van der Waals surface area contributed by atoms with Crippen LogP contribution in [0.5, 0.6) is 0 Å². The van der Waals surface area contributed by atoms with Gasteiger partial charge in [0.05, 0.1) is 12.1 Å². The third kappa shape index (κ3) is 4.04. The smallest absolute Gasteiger partial charge is 0.317 e. The first-order valence-electron chi connectivity index (χ1n) is 4.72. The molecule has 0 radical (unpaired) electrons. The lowest BCUT2D eigenvalue weighted by molar-refractivity contribution is -0.139. The monoisotopic (exact) mass is 287 g/mol. The van der Waals surface area contributed by atoms with Gasteiger partial charge in [-0.2, -0.15) is 0 Å². The minimum atomic E-state index is -3.84. The van der Waals surface area contributed by atoms with Crippen molar-refractivity contribution < 1.29 is 17.9 Å². The highest BCUT2D eigenvalue weighted by molar-refractivity contribution is 7.89. The summed E-state index contributed by atoms with van der Waals surface area (Å²) < 4.78 is 26.6. The summed E-state index contributed by atoms with van der Waals surface area (Å²) in [5.41, 5.74) is 0.483. The SMILES string of the molecule is COC(=O)CC#Cc1ccc(S(N)(=O)=O)c(Cl)c1. The molecule has 0 saturated heterocycles. The van der Waals surface area contributed by atoms with Crippen LogP contribution in [0.3, 0.4) is 0 Å². The maximum absolute atomic E-state index is 11.1. The second-order valence-electron chi connectivity index (χ2n) is 3.24. The van der Waals surface area contributed by atoms with E-state index >= 15 is 0 Å². The summed E-state index contributed by atoms with van der Waals surface area (Å²) in [6.45, 7) is 0. The average molecular weight is 288 g/mol. The maximum Gasteiger partial charge on any atom is 0.317 e. The number of hydrogen-bond donors (Lipinski definition) is 1. The summed E-state index contributed by atoms with van der Waals surface area (Å²) >= 11 is 5.76. The molecule has 5 nitrogen and oxygen atoms in total. The van der Waals surface area contributed by atoms with E-state index in [-0.39, 0.29) is 16.3 Å². The first-order valence-corrected chi connectivity index (χ1v) is 6.65. The number of halogens is 1. The Morgan fingerprint density at radius 3 is 2.67 bits per heavy atom. The summed E-state index contributed by atoms with van der Waals surface area (Å²) in [5, 5.41) is 4.94. The third-order valence-electron chi connectivity index (χ3n) is 1.93. The van der Waals surface area contributed by atoms with Gasteiger partial charge in [0, 0.05) is 5.56 Å². The van der Waals surface area contributed by atoms with E-state index in [2.05, 4.69) is 16.6 Å². The van der Waals surface area contributed by atoms with Crippen LogP contribution >= 0.6 is 11.6 Å². The number of sulfonamides is 1. The summed E-state index contributed by atoms with van der Waals surface area (Å²) in [7, 11) is -2.58. The minimum absolute atomic E-state index is 0.0117. The highest BCUT2D eigenvalue weighted by atomic mass is 35.5. The van der Waals surface area contributed by atoms with Gasteiger partial charge in [-0.3, -0.25) is 4.79 Å². The molecule has 0 atom stereocenters. The normalized spacial score (nSPS) is 10.4. The number of benzene rings is 1. The van der Waals surface area contributed by atoms with Crippen molar-refractivity contribution in [1.82, 2.24) is 0 Å². The molecule has 0 amide bonds. The van der Waals surface area contributed by atoms with Crippen molar-refractivity contribution in [2.45, 2.75) is 11.3 Å². The van der Waals surface area contributed by atoms with Gasteiger partial charge in [0.2, 0.25) is 10.0 Å². The molecule has 0 fully saturated rings. The molecule has 0 aromatic heterocycles. The molecule has 0 heterocycles. The standard InChI is InChI=1S/C11H10ClNO4S/c1-17-11(14)4-2-3-8-5-6-10(9(12)7-8)18(13,15)16/h5-7H,4H2,1H3,(H2,13,15,16). The van der Waals surface area contributed by atoms with Gasteiger partial charge in [-0.1, -0.05) is 23.4 Å². The van der Waals surface area contributed by atoms with Gasteiger partial charge in [0.1, 0.15) is 11.3 Å². The Balaban J connectivity index is 2.96. The van der Waals surface area contributed by atoms with E-state index < -0.39 is 16.0 Å². The number of carbonyl (C=O) groups excluding carboxylic acids is 1. The van der Waals surface area contributed by atoms with Crippen LogP contribution in [-0.4, -0.2) is 21.5 Å². The van der Waals surface area contributed by atoms with E-state index in [9.17, 15) is 13.2 Å². The number of nitrogens with two attached hydrogens (primary N) is 1. The van der Waals surface area contributed by atoms with Crippen molar-refractivity contribution in [2.75, 3.05) is 7.11 Å². The van der Waals surface area contributed by atoms with Gasteiger partial charge < -0.3 is 4.74 Å². The van der Waals surface area contributed by atoms with E-state index in [0.717, 1.165) is 0 Å². The number of rotatable bonds is 2. The van der Waals surface area contributed by atoms with Crippen LogP contribution in [0, 0.1) is 11.8 Å². The maximum atomic E-state index is 11.1. The van der Waals surface area contributed by atoms with Crippen LogP contribution in [0.2, 0.25) is 5.02 Å². The van der Waals surface area contributed by atoms with Gasteiger partial charge >= 0.3 is 5.97 Å². The third-order valence-corrected chi connectivity index (χ3v) is 3.33. The van der Waals surface area contributed by atoms with E-state index in [0.29, 0.717) is 5.56 Å². The quantitative estimate of drug-likeness (QED) is 0.647. The van der Waals surface area contributed by atoms with Crippen LogP contribution in [0.15, 0.2) is 23.1 Å². The Bertz CT molecular complexity index is 628. The fourth-order valence-electron chi connectivity index (χ4n) is 1.10. The Labute approximate surface area is 110 Å². The van der Waals surface area contributed by atoms with Crippen LogP contribution in [-0.2, 0) is 19.6 Å². The number of esters is 1. The predicted octanol–water partition coefficient (Wildman–Crippen LogP) is 0.902. The topological polar surface area (TPSA) is 86.5 Å². The van der Waals surface area contributed by atoms with Gasteiger partial charge in [-0.15, -0.1) is 0 Å². The largest absolute Gasteiger partial charge is 0.468 e. The summed E-state index contributed by atoms with van der Waals surface area (Å²) in [6.07, 6.45) is -0.0505. The lowest BCUT2D eigenvalue weighted by atomic mass is 10.2. The highest BCUT2D eigenvalue weighted by Gasteiger charge is 2.12. The fraction of sp³-hybridized carbons (Fsp3) is 0.182. The molecule has 1 rings (SSSR count). The molecule has 0 saturated carbocycles. The van der Waals surface area contributed by atoms with E-state index in [4.69, 9.17) is 16.7 Å². The minimum Gasteiger partial charge on any atom is -0.468 e.